The van der Waals surface area contributed by atoms with Gasteiger partial charge in [-0.05, 0) is 25.5 Å². The second-order valence-corrected chi connectivity index (χ2v) is 3.13. The monoisotopic (exact) mass is 177 g/mol. The van der Waals surface area contributed by atoms with E-state index in [2.05, 4.69) is 0 Å². The standard InChI is InChI=1S/C11H15NO/c1-9-5-2-3-6-10(9)11(13)7-4-8-12/h2-3,5-6H,4,7-8,12H2,1H3. The Kier molecular flexibility index (Phi) is 3.65. The van der Waals surface area contributed by atoms with E-state index in [-0.39, 0.29) is 5.78 Å². The lowest BCUT2D eigenvalue weighted by Gasteiger charge is -2.02. The van der Waals surface area contributed by atoms with Crippen molar-refractivity contribution < 1.29 is 4.79 Å². The van der Waals surface area contributed by atoms with Crippen molar-refractivity contribution in [3.63, 3.8) is 0 Å². The maximum atomic E-state index is 11.6. The number of carbonyl (C=O) groups is 1. The largest absolute Gasteiger partial charge is 0.330 e. The highest BCUT2D eigenvalue weighted by molar-refractivity contribution is 5.97. The van der Waals surface area contributed by atoms with Crippen LogP contribution in [0, 0.1) is 6.92 Å². The molecule has 0 aliphatic carbocycles. The zero-order valence-corrected chi connectivity index (χ0v) is 7.92. The molecule has 0 atom stereocenters. The number of Topliss-reactive ketones (excluding diaryl/α,β-unsaturated/α-hetero) is 1. The van der Waals surface area contributed by atoms with E-state index in [1.807, 2.05) is 31.2 Å². The fraction of sp³-hybridized carbons (Fsp3) is 0.364. The molecule has 0 unspecified atom stereocenters. The molecule has 0 fully saturated rings. The minimum absolute atomic E-state index is 0.198. The minimum Gasteiger partial charge on any atom is -0.330 e. The van der Waals surface area contributed by atoms with Crippen molar-refractivity contribution in [2.24, 2.45) is 5.73 Å². The lowest BCUT2D eigenvalue weighted by molar-refractivity contribution is 0.0980. The number of aryl methyl sites for hydroxylation is 1. The van der Waals surface area contributed by atoms with Crippen molar-refractivity contribution in [1.29, 1.82) is 0 Å². The Balaban J connectivity index is 2.71. The number of carbonyl (C=O) groups excluding carboxylic acids is 1. The van der Waals surface area contributed by atoms with Crippen LogP contribution in [0.1, 0.15) is 28.8 Å². The average Bonchev–Trinajstić information content (AvgIpc) is 2.15. The smallest absolute Gasteiger partial charge is 0.163 e. The van der Waals surface area contributed by atoms with Gasteiger partial charge in [-0.25, -0.2) is 0 Å². The molecule has 0 amide bonds. The van der Waals surface area contributed by atoms with Gasteiger partial charge in [0.2, 0.25) is 0 Å². The zero-order valence-electron chi connectivity index (χ0n) is 7.92. The average molecular weight is 177 g/mol. The maximum Gasteiger partial charge on any atom is 0.163 e. The van der Waals surface area contributed by atoms with Gasteiger partial charge in [-0.2, -0.15) is 0 Å². The van der Waals surface area contributed by atoms with Crippen LogP contribution in [0.4, 0.5) is 0 Å². The SMILES string of the molecule is Cc1ccccc1C(=O)CCCN. The molecule has 0 bridgehead atoms. The van der Waals surface area contributed by atoms with Gasteiger partial charge >= 0.3 is 0 Å². The Morgan fingerprint density at radius 2 is 2.08 bits per heavy atom. The third-order valence-corrected chi connectivity index (χ3v) is 2.05. The summed E-state index contributed by atoms with van der Waals surface area (Å²) in [5.74, 6) is 0.198. The van der Waals surface area contributed by atoms with Crippen LogP contribution in [0.15, 0.2) is 24.3 Å². The number of hydrogen-bond donors (Lipinski definition) is 1. The first-order chi connectivity index (χ1) is 6.25. The first kappa shape index (κ1) is 9.93. The summed E-state index contributed by atoms with van der Waals surface area (Å²) >= 11 is 0. The molecule has 0 saturated heterocycles. The molecule has 2 N–H and O–H groups in total. The lowest BCUT2D eigenvalue weighted by atomic mass is 10.0. The van der Waals surface area contributed by atoms with Crippen molar-refractivity contribution in [3.8, 4) is 0 Å². The molecule has 0 radical (unpaired) electrons. The fourth-order valence-corrected chi connectivity index (χ4v) is 1.28. The van der Waals surface area contributed by atoms with Gasteiger partial charge < -0.3 is 5.73 Å². The van der Waals surface area contributed by atoms with Gasteiger partial charge in [-0.15, -0.1) is 0 Å². The van der Waals surface area contributed by atoms with Gasteiger partial charge in [0.15, 0.2) is 5.78 Å². The second-order valence-electron chi connectivity index (χ2n) is 3.13. The van der Waals surface area contributed by atoms with Crippen LogP contribution in [-0.2, 0) is 0 Å². The third kappa shape index (κ3) is 2.67. The summed E-state index contributed by atoms with van der Waals surface area (Å²) in [7, 11) is 0. The van der Waals surface area contributed by atoms with Crippen molar-refractivity contribution in [2.45, 2.75) is 19.8 Å². The summed E-state index contributed by atoms with van der Waals surface area (Å²) in [6.07, 6.45) is 1.33. The van der Waals surface area contributed by atoms with E-state index >= 15 is 0 Å². The van der Waals surface area contributed by atoms with Gasteiger partial charge in [0.05, 0.1) is 0 Å². The summed E-state index contributed by atoms with van der Waals surface area (Å²) in [5.41, 5.74) is 7.22. The van der Waals surface area contributed by atoms with Gasteiger partial charge in [0, 0.05) is 12.0 Å². The highest BCUT2D eigenvalue weighted by Gasteiger charge is 2.06. The Bertz CT molecular complexity index is 294. The molecule has 1 aromatic carbocycles. The van der Waals surface area contributed by atoms with E-state index in [1.54, 1.807) is 0 Å². The van der Waals surface area contributed by atoms with Crippen LogP contribution in [0.2, 0.25) is 0 Å². The molecule has 0 spiro atoms. The van der Waals surface area contributed by atoms with E-state index in [9.17, 15) is 4.79 Å². The molecule has 0 saturated carbocycles. The molecular formula is C11H15NO. The summed E-state index contributed by atoms with van der Waals surface area (Å²) < 4.78 is 0. The Labute approximate surface area is 78.8 Å². The molecule has 2 nitrogen and oxygen atoms in total. The predicted molar refractivity (Wildman–Crippen MR) is 53.8 cm³/mol. The van der Waals surface area contributed by atoms with Crippen LogP contribution in [-0.4, -0.2) is 12.3 Å². The van der Waals surface area contributed by atoms with Crippen molar-refractivity contribution >= 4 is 5.78 Å². The van der Waals surface area contributed by atoms with Gasteiger partial charge in [-0.1, -0.05) is 24.3 Å². The van der Waals surface area contributed by atoms with Crippen LogP contribution < -0.4 is 5.73 Å². The van der Waals surface area contributed by atoms with E-state index in [0.717, 1.165) is 17.5 Å². The highest BCUT2D eigenvalue weighted by atomic mass is 16.1. The van der Waals surface area contributed by atoms with Crippen LogP contribution in [0.25, 0.3) is 0 Å². The zero-order chi connectivity index (χ0) is 9.68. The lowest BCUT2D eigenvalue weighted by Crippen LogP contribution is -2.06. The first-order valence-corrected chi connectivity index (χ1v) is 4.54. The van der Waals surface area contributed by atoms with Crippen molar-refractivity contribution in [1.82, 2.24) is 0 Å². The number of rotatable bonds is 4. The Hall–Kier alpha value is -1.15. The van der Waals surface area contributed by atoms with Crippen LogP contribution in [0.3, 0.4) is 0 Å². The summed E-state index contributed by atoms with van der Waals surface area (Å²) in [4.78, 5) is 11.6. The quantitative estimate of drug-likeness (QED) is 0.714. The molecule has 70 valence electrons. The number of benzene rings is 1. The van der Waals surface area contributed by atoms with Crippen LogP contribution in [0.5, 0.6) is 0 Å². The molecule has 1 aromatic rings. The summed E-state index contributed by atoms with van der Waals surface area (Å²) in [6, 6.07) is 7.65. The highest BCUT2D eigenvalue weighted by Crippen LogP contribution is 2.10. The first-order valence-electron chi connectivity index (χ1n) is 4.54. The molecule has 13 heavy (non-hydrogen) atoms. The minimum atomic E-state index is 0.198. The molecule has 0 heterocycles. The summed E-state index contributed by atoms with van der Waals surface area (Å²) in [6.45, 7) is 2.54. The summed E-state index contributed by atoms with van der Waals surface area (Å²) in [5, 5.41) is 0. The molecular weight excluding hydrogens is 162 g/mol. The number of hydrogen-bond acceptors (Lipinski definition) is 2. The second kappa shape index (κ2) is 4.77. The fourth-order valence-electron chi connectivity index (χ4n) is 1.28. The van der Waals surface area contributed by atoms with E-state index in [4.69, 9.17) is 5.73 Å². The van der Waals surface area contributed by atoms with Crippen LogP contribution >= 0.6 is 0 Å². The van der Waals surface area contributed by atoms with E-state index < -0.39 is 0 Å². The van der Waals surface area contributed by atoms with E-state index in [0.29, 0.717) is 13.0 Å². The van der Waals surface area contributed by atoms with Gasteiger partial charge in [0.1, 0.15) is 0 Å². The predicted octanol–water partition coefficient (Wildman–Crippen LogP) is 1.92. The van der Waals surface area contributed by atoms with Crippen molar-refractivity contribution in [2.75, 3.05) is 6.54 Å². The molecule has 2 heteroatoms. The number of nitrogens with two attached hydrogens (primary N) is 1. The topological polar surface area (TPSA) is 43.1 Å². The normalized spacial score (nSPS) is 10.0. The third-order valence-electron chi connectivity index (χ3n) is 2.05. The Morgan fingerprint density at radius 1 is 1.38 bits per heavy atom. The maximum absolute atomic E-state index is 11.6. The molecule has 0 aliphatic rings. The van der Waals surface area contributed by atoms with Crippen molar-refractivity contribution in [3.05, 3.63) is 35.4 Å². The molecule has 1 rings (SSSR count). The molecule has 0 aromatic heterocycles. The van der Waals surface area contributed by atoms with Gasteiger partial charge in [-0.3, -0.25) is 4.79 Å². The Morgan fingerprint density at radius 3 is 2.69 bits per heavy atom. The van der Waals surface area contributed by atoms with E-state index in [1.165, 1.54) is 0 Å². The molecule has 0 aliphatic heterocycles. The van der Waals surface area contributed by atoms with Gasteiger partial charge in [0.25, 0.3) is 0 Å². The number of ketones is 1.